The maximum atomic E-state index is 12.8. The first kappa shape index (κ1) is 8.65. The number of allylic oxidation sites excluding steroid dienone is 1. The number of hydrogen-bond acceptors (Lipinski definition) is 1. The van der Waals surface area contributed by atoms with E-state index in [0.29, 0.717) is 19.4 Å². The van der Waals surface area contributed by atoms with Gasteiger partial charge in [0.05, 0.1) is 0 Å². The topological polar surface area (TPSA) is 26.0 Å². The van der Waals surface area contributed by atoms with Crippen LogP contribution in [0.3, 0.4) is 0 Å². The van der Waals surface area contributed by atoms with E-state index < -0.39 is 12.3 Å². The van der Waals surface area contributed by atoms with Crippen molar-refractivity contribution in [3.8, 4) is 0 Å². The fraction of sp³-hybridized carbons (Fsp3) is 0.750. The Labute approximate surface area is 65.3 Å². The first-order chi connectivity index (χ1) is 5.22. The van der Waals surface area contributed by atoms with Gasteiger partial charge >= 0.3 is 0 Å². The lowest BCUT2D eigenvalue weighted by Crippen LogP contribution is -2.09. The van der Waals surface area contributed by atoms with E-state index in [1.165, 1.54) is 0 Å². The van der Waals surface area contributed by atoms with Crippen LogP contribution in [-0.2, 0) is 0 Å². The smallest absolute Gasteiger partial charge is 0.107 e. The zero-order chi connectivity index (χ0) is 8.27. The number of halogens is 2. The Kier molecular flexibility index (Phi) is 3.00. The summed E-state index contributed by atoms with van der Waals surface area (Å²) in [5.41, 5.74) is 6.17. The summed E-state index contributed by atoms with van der Waals surface area (Å²) in [6.45, 7) is 0.354. The van der Waals surface area contributed by atoms with E-state index in [-0.39, 0.29) is 6.42 Å². The zero-order valence-electron chi connectivity index (χ0n) is 6.39. The molecule has 0 spiro atoms. The second-order valence-corrected chi connectivity index (χ2v) is 2.94. The van der Waals surface area contributed by atoms with Gasteiger partial charge in [-0.2, -0.15) is 0 Å². The highest BCUT2D eigenvalue weighted by molar-refractivity contribution is 5.08. The van der Waals surface area contributed by atoms with E-state index >= 15 is 0 Å². The molecule has 3 heteroatoms. The van der Waals surface area contributed by atoms with Crippen LogP contribution in [0.1, 0.15) is 19.3 Å². The number of rotatable bonds is 1. The quantitative estimate of drug-likeness (QED) is 0.582. The van der Waals surface area contributed by atoms with Crippen molar-refractivity contribution < 1.29 is 8.78 Å². The predicted molar refractivity (Wildman–Crippen MR) is 40.8 cm³/mol. The van der Waals surface area contributed by atoms with Gasteiger partial charge in [-0.25, -0.2) is 8.78 Å². The van der Waals surface area contributed by atoms with E-state index in [9.17, 15) is 8.78 Å². The Hall–Kier alpha value is -0.440. The summed E-state index contributed by atoms with van der Waals surface area (Å²) in [6, 6.07) is 0. The van der Waals surface area contributed by atoms with Crippen molar-refractivity contribution in [2.75, 3.05) is 6.54 Å². The molecule has 2 atom stereocenters. The molecule has 0 aliphatic heterocycles. The van der Waals surface area contributed by atoms with Crippen molar-refractivity contribution in [1.29, 1.82) is 0 Å². The normalized spacial score (nSPS) is 32.8. The minimum absolute atomic E-state index is 0.0278. The minimum Gasteiger partial charge on any atom is -0.327 e. The molecule has 0 heterocycles. The van der Waals surface area contributed by atoms with Gasteiger partial charge in [-0.05, 0) is 6.42 Å². The van der Waals surface area contributed by atoms with Gasteiger partial charge in [0.15, 0.2) is 0 Å². The van der Waals surface area contributed by atoms with Crippen molar-refractivity contribution >= 4 is 0 Å². The van der Waals surface area contributed by atoms with E-state index in [1.54, 1.807) is 6.08 Å². The van der Waals surface area contributed by atoms with E-state index in [4.69, 9.17) is 5.73 Å². The first-order valence-corrected chi connectivity index (χ1v) is 3.88. The lowest BCUT2D eigenvalue weighted by atomic mass is 10.1. The van der Waals surface area contributed by atoms with Crippen molar-refractivity contribution in [2.45, 2.75) is 31.6 Å². The Balaban J connectivity index is 2.54. The molecule has 1 rings (SSSR count). The third-order valence-corrected chi connectivity index (χ3v) is 1.92. The van der Waals surface area contributed by atoms with E-state index in [0.717, 1.165) is 5.57 Å². The maximum absolute atomic E-state index is 12.8. The molecule has 0 bridgehead atoms. The van der Waals surface area contributed by atoms with Crippen molar-refractivity contribution in [3.63, 3.8) is 0 Å². The van der Waals surface area contributed by atoms with Crippen LogP contribution in [0.4, 0.5) is 8.78 Å². The molecule has 2 unspecified atom stereocenters. The van der Waals surface area contributed by atoms with Crippen molar-refractivity contribution in [1.82, 2.24) is 0 Å². The fourth-order valence-electron chi connectivity index (χ4n) is 1.29. The standard InChI is InChI=1S/C8H13F2N/c9-7-2-1-6(5-11)3-8(10)4-7/h1,7-8H,2-5,11H2. The monoisotopic (exact) mass is 161 g/mol. The lowest BCUT2D eigenvalue weighted by molar-refractivity contribution is 0.226. The Bertz CT molecular complexity index is 156. The molecule has 0 saturated heterocycles. The van der Waals surface area contributed by atoms with Crippen molar-refractivity contribution in [2.24, 2.45) is 5.73 Å². The summed E-state index contributed by atoms with van der Waals surface area (Å²) in [4.78, 5) is 0. The molecule has 0 radical (unpaired) electrons. The molecule has 0 saturated carbocycles. The van der Waals surface area contributed by atoms with Crippen LogP contribution in [0, 0.1) is 0 Å². The summed E-state index contributed by atoms with van der Waals surface area (Å²) in [5.74, 6) is 0. The Morgan fingerprint density at radius 2 is 2.18 bits per heavy atom. The van der Waals surface area contributed by atoms with Crippen LogP contribution >= 0.6 is 0 Å². The van der Waals surface area contributed by atoms with Gasteiger partial charge in [0.1, 0.15) is 12.3 Å². The Morgan fingerprint density at radius 1 is 1.45 bits per heavy atom. The summed E-state index contributed by atoms with van der Waals surface area (Å²) in [6.07, 6.45) is 0.338. The van der Waals surface area contributed by atoms with Crippen LogP contribution in [0.15, 0.2) is 11.6 Å². The summed E-state index contributed by atoms with van der Waals surface area (Å²) < 4.78 is 25.5. The largest absolute Gasteiger partial charge is 0.327 e. The highest BCUT2D eigenvalue weighted by Gasteiger charge is 2.18. The summed E-state index contributed by atoms with van der Waals surface area (Å²) in [5, 5.41) is 0. The molecule has 1 nitrogen and oxygen atoms in total. The lowest BCUT2D eigenvalue weighted by Gasteiger charge is -2.06. The summed E-state index contributed by atoms with van der Waals surface area (Å²) >= 11 is 0. The fourth-order valence-corrected chi connectivity index (χ4v) is 1.29. The first-order valence-electron chi connectivity index (χ1n) is 3.88. The highest BCUT2D eigenvalue weighted by Crippen LogP contribution is 2.21. The molecular weight excluding hydrogens is 148 g/mol. The van der Waals surface area contributed by atoms with Crippen LogP contribution in [0.2, 0.25) is 0 Å². The maximum Gasteiger partial charge on any atom is 0.107 e. The predicted octanol–water partition coefficient (Wildman–Crippen LogP) is 1.73. The SMILES string of the molecule is NCC1=CCC(F)CC(F)C1. The van der Waals surface area contributed by atoms with Gasteiger partial charge in [0.25, 0.3) is 0 Å². The van der Waals surface area contributed by atoms with Crippen LogP contribution in [0.5, 0.6) is 0 Å². The third kappa shape index (κ3) is 2.58. The molecule has 11 heavy (non-hydrogen) atoms. The summed E-state index contributed by atoms with van der Waals surface area (Å²) in [7, 11) is 0. The van der Waals surface area contributed by atoms with Gasteiger partial charge in [-0.1, -0.05) is 11.6 Å². The average molecular weight is 161 g/mol. The molecule has 1 aliphatic carbocycles. The molecule has 0 aromatic heterocycles. The van der Waals surface area contributed by atoms with Crippen LogP contribution < -0.4 is 5.73 Å². The molecule has 0 amide bonds. The second kappa shape index (κ2) is 3.81. The molecule has 0 fully saturated rings. The van der Waals surface area contributed by atoms with E-state index in [1.807, 2.05) is 0 Å². The Morgan fingerprint density at radius 3 is 2.82 bits per heavy atom. The number of alkyl halides is 2. The minimum atomic E-state index is -1.04. The van der Waals surface area contributed by atoms with Crippen LogP contribution in [-0.4, -0.2) is 18.9 Å². The van der Waals surface area contributed by atoms with Gasteiger partial charge in [-0.3, -0.25) is 0 Å². The average Bonchev–Trinajstić information content (AvgIpc) is 2.11. The molecule has 1 aliphatic rings. The van der Waals surface area contributed by atoms with Gasteiger partial charge in [0.2, 0.25) is 0 Å². The molecule has 64 valence electrons. The highest BCUT2D eigenvalue weighted by atomic mass is 19.1. The van der Waals surface area contributed by atoms with E-state index in [2.05, 4.69) is 0 Å². The zero-order valence-corrected chi connectivity index (χ0v) is 6.39. The molecule has 2 N–H and O–H groups in total. The third-order valence-electron chi connectivity index (χ3n) is 1.92. The van der Waals surface area contributed by atoms with Gasteiger partial charge in [-0.15, -0.1) is 0 Å². The molecule has 0 aromatic rings. The number of nitrogens with two attached hydrogens (primary N) is 1. The molecular formula is C8H13F2N. The number of hydrogen-bond donors (Lipinski definition) is 1. The van der Waals surface area contributed by atoms with Crippen molar-refractivity contribution in [3.05, 3.63) is 11.6 Å². The second-order valence-electron chi connectivity index (χ2n) is 2.94. The van der Waals surface area contributed by atoms with Crippen LogP contribution in [0.25, 0.3) is 0 Å². The van der Waals surface area contributed by atoms with Gasteiger partial charge in [0, 0.05) is 19.4 Å². The molecule has 0 aromatic carbocycles. The van der Waals surface area contributed by atoms with Gasteiger partial charge < -0.3 is 5.73 Å².